The van der Waals surface area contributed by atoms with Crippen LogP contribution in [0.15, 0.2) is 63.1 Å². The van der Waals surface area contributed by atoms with Crippen molar-refractivity contribution in [3.63, 3.8) is 0 Å². The van der Waals surface area contributed by atoms with E-state index in [-0.39, 0.29) is 5.43 Å². The maximum atomic E-state index is 11.8. The first-order valence-corrected chi connectivity index (χ1v) is 6.93. The summed E-state index contributed by atoms with van der Waals surface area (Å²) in [6.07, 6.45) is 0. The van der Waals surface area contributed by atoms with Crippen molar-refractivity contribution in [1.29, 1.82) is 0 Å². The highest BCUT2D eigenvalue weighted by Gasteiger charge is 2.07. The van der Waals surface area contributed by atoms with Crippen molar-refractivity contribution in [3.05, 3.63) is 69.2 Å². The quantitative estimate of drug-likeness (QED) is 0.685. The zero-order valence-corrected chi connectivity index (χ0v) is 11.4. The molecular formula is C15H9ClO2S. The molecule has 0 N–H and O–H groups in total. The number of benzene rings is 1. The van der Waals surface area contributed by atoms with Gasteiger partial charge in [0, 0.05) is 22.7 Å². The van der Waals surface area contributed by atoms with Gasteiger partial charge in [-0.05, 0) is 35.7 Å². The van der Waals surface area contributed by atoms with Gasteiger partial charge in [0.2, 0.25) is 0 Å². The Balaban J connectivity index is 2.12. The van der Waals surface area contributed by atoms with Crippen LogP contribution >= 0.6 is 22.9 Å². The Bertz CT molecular complexity index is 743. The molecule has 2 heterocycles. The van der Waals surface area contributed by atoms with Crippen LogP contribution in [0.25, 0.3) is 22.0 Å². The molecule has 0 atom stereocenters. The van der Waals surface area contributed by atoms with Crippen LogP contribution in [0.5, 0.6) is 0 Å². The summed E-state index contributed by atoms with van der Waals surface area (Å²) in [6, 6.07) is 14.1. The second-order valence-electron chi connectivity index (χ2n) is 4.01. The molecule has 0 aliphatic heterocycles. The van der Waals surface area contributed by atoms with E-state index in [2.05, 4.69) is 0 Å². The Morgan fingerprint density at radius 3 is 2.42 bits per heavy atom. The van der Waals surface area contributed by atoms with Gasteiger partial charge >= 0.3 is 0 Å². The molecule has 0 aliphatic carbocycles. The average molecular weight is 289 g/mol. The van der Waals surface area contributed by atoms with Gasteiger partial charge in [-0.1, -0.05) is 17.7 Å². The summed E-state index contributed by atoms with van der Waals surface area (Å²) in [5, 5.41) is 2.60. The van der Waals surface area contributed by atoms with E-state index in [0.29, 0.717) is 16.5 Å². The summed E-state index contributed by atoms with van der Waals surface area (Å²) < 4.78 is 5.80. The predicted octanol–water partition coefficient (Wildman–Crippen LogP) is 4.69. The van der Waals surface area contributed by atoms with Crippen LogP contribution in [-0.2, 0) is 0 Å². The van der Waals surface area contributed by atoms with Gasteiger partial charge in [0.1, 0.15) is 11.5 Å². The normalized spacial score (nSPS) is 10.6. The summed E-state index contributed by atoms with van der Waals surface area (Å²) in [4.78, 5) is 12.7. The fraction of sp³-hybridized carbons (Fsp3) is 0. The Labute approximate surface area is 118 Å². The van der Waals surface area contributed by atoms with E-state index < -0.39 is 0 Å². The van der Waals surface area contributed by atoms with Crippen LogP contribution in [-0.4, -0.2) is 0 Å². The highest BCUT2D eigenvalue weighted by atomic mass is 35.5. The largest absolute Gasteiger partial charge is 0.455 e. The van der Waals surface area contributed by atoms with E-state index in [1.54, 1.807) is 12.1 Å². The van der Waals surface area contributed by atoms with Crippen LogP contribution in [0.4, 0.5) is 0 Å². The van der Waals surface area contributed by atoms with E-state index in [1.807, 2.05) is 29.6 Å². The highest BCUT2D eigenvalue weighted by molar-refractivity contribution is 7.13. The Kier molecular flexibility index (Phi) is 3.23. The van der Waals surface area contributed by atoms with Gasteiger partial charge in [0.05, 0.1) is 4.88 Å². The van der Waals surface area contributed by atoms with Crippen molar-refractivity contribution in [2.45, 2.75) is 0 Å². The van der Waals surface area contributed by atoms with E-state index in [0.717, 1.165) is 10.4 Å². The molecule has 0 saturated heterocycles. The molecule has 4 heteroatoms. The van der Waals surface area contributed by atoms with Crippen LogP contribution in [0.3, 0.4) is 0 Å². The second-order valence-corrected chi connectivity index (χ2v) is 5.39. The van der Waals surface area contributed by atoms with Crippen molar-refractivity contribution in [3.8, 4) is 22.0 Å². The van der Waals surface area contributed by atoms with Crippen LogP contribution in [0, 0.1) is 0 Å². The number of rotatable bonds is 2. The summed E-state index contributed by atoms with van der Waals surface area (Å²) in [5.41, 5.74) is 0.763. The Hall–Kier alpha value is -1.84. The van der Waals surface area contributed by atoms with Gasteiger partial charge in [0.15, 0.2) is 5.43 Å². The smallest absolute Gasteiger partial charge is 0.186 e. The first kappa shape index (κ1) is 12.2. The molecule has 0 radical (unpaired) electrons. The number of halogens is 1. The third-order valence-electron chi connectivity index (χ3n) is 2.66. The molecular weight excluding hydrogens is 280 g/mol. The van der Waals surface area contributed by atoms with Crippen molar-refractivity contribution in [2.75, 3.05) is 0 Å². The molecule has 2 nitrogen and oxygen atoms in total. The lowest BCUT2D eigenvalue weighted by molar-refractivity contribution is 0.582. The second kappa shape index (κ2) is 5.03. The molecule has 3 aromatic rings. The molecule has 0 amide bonds. The molecule has 0 fully saturated rings. The Morgan fingerprint density at radius 1 is 1.00 bits per heavy atom. The van der Waals surface area contributed by atoms with Crippen molar-refractivity contribution >= 4 is 22.9 Å². The minimum absolute atomic E-state index is 0.0698. The molecule has 94 valence electrons. The SMILES string of the molecule is O=c1cc(-c2ccc(Cl)cc2)oc(-c2cccs2)c1. The van der Waals surface area contributed by atoms with Crippen molar-refractivity contribution in [1.82, 2.24) is 0 Å². The van der Waals surface area contributed by atoms with Crippen LogP contribution < -0.4 is 5.43 Å². The molecule has 3 rings (SSSR count). The number of hydrogen-bond donors (Lipinski definition) is 0. The molecule has 0 bridgehead atoms. The van der Waals surface area contributed by atoms with Crippen molar-refractivity contribution < 1.29 is 4.42 Å². The molecule has 0 unspecified atom stereocenters. The van der Waals surface area contributed by atoms with Crippen molar-refractivity contribution in [2.24, 2.45) is 0 Å². The fourth-order valence-electron chi connectivity index (χ4n) is 1.77. The number of hydrogen-bond acceptors (Lipinski definition) is 3. The van der Waals surface area contributed by atoms with Gasteiger partial charge in [-0.15, -0.1) is 11.3 Å². The van der Waals surface area contributed by atoms with Gasteiger partial charge in [-0.3, -0.25) is 4.79 Å². The summed E-state index contributed by atoms with van der Waals surface area (Å²) in [5.74, 6) is 1.14. The first-order valence-electron chi connectivity index (χ1n) is 5.67. The van der Waals surface area contributed by atoms with E-state index in [9.17, 15) is 4.79 Å². The van der Waals surface area contributed by atoms with Crippen LogP contribution in [0.2, 0.25) is 5.02 Å². The minimum atomic E-state index is -0.0698. The predicted molar refractivity (Wildman–Crippen MR) is 78.7 cm³/mol. The molecule has 2 aromatic heterocycles. The average Bonchev–Trinajstić information content (AvgIpc) is 2.93. The number of thiophene rings is 1. The maximum absolute atomic E-state index is 11.8. The fourth-order valence-corrected chi connectivity index (χ4v) is 2.58. The molecule has 0 saturated carbocycles. The molecule has 0 spiro atoms. The third kappa shape index (κ3) is 2.62. The van der Waals surface area contributed by atoms with E-state index in [1.165, 1.54) is 23.5 Å². The molecule has 1 aromatic carbocycles. The summed E-state index contributed by atoms with van der Waals surface area (Å²) in [7, 11) is 0. The first-order chi connectivity index (χ1) is 9.22. The van der Waals surface area contributed by atoms with E-state index in [4.69, 9.17) is 16.0 Å². The molecule has 0 aliphatic rings. The van der Waals surface area contributed by atoms with Gasteiger partial charge in [-0.25, -0.2) is 0 Å². The Morgan fingerprint density at radius 2 is 1.74 bits per heavy atom. The van der Waals surface area contributed by atoms with Gasteiger partial charge in [0.25, 0.3) is 0 Å². The zero-order valence-electron chi connectivity index (χ0n) is 9.80. The van der Waals surface area contributed by atoms with Gasteiger partial charge < -0.3 is 4.42 Å². The lowest BCUT2D eigenvalue weighted by Gasteiger charge is -2.03. The van der Waals surface area contributed by atoms with E-state index >= 15 is 0 Å². The lowest BCUT2D eigenvalue weighted by Crippen LogP contribution is -1.97. The summed E-state index contributed by atoms with van der Waals surface area (Å²) in [6.45, 7) is 0. The topological polar surface area (TPSA) is 30.2 Å². The minimum Gasteiger partial charge on any atom is -0.455 e. The standard InChI is InChI=1S/C15H9ClO2S/c16-11-5-3-10(4-6-11)13-8-12(17)9-14(18-13)15-2-1-7-19-15/h1-9H. The van der Waals surface area contributed by atoms with Gasteiger partial charge in [-0.2, -0.15) is 0 Å². The third-order valence-corrected chi connectivity index (χ3v) is 3.80. The maximum Gasteiger partial charge on any atom is 0.186 e. The molecule has 19 heavy (non-hydrogen) atoms. The monoisotopic (exact) mass is 288 g/mol. The highest BCUT2D eigenvalue weighted by Crippen LogP contribution is 2.28. The lowest BCUT2D eigenvalue weighted by atomic mass is 10.1. The zero-order chi connectivity index (χ0) is 13.2. The summed E-state index contributed by atoms with van der Waals surface area (Å²) >= 11 is 7.39. The van der Waals surface area contributed by atoms with Crippen LogP contribution in [0.1, 0.15) is 0 Å².